The van der Waals surface area contributed by atoms with Crippen LogP contribution in [0.1, 0.15) is 39.5 Å². The van der Waals surface area contributed by atoms with E-state index in [1.54, 1.807) is 0 Å². The Bertz CT molecular complexity index is 289. The lowest BCUT2D eigenvalue weighted by Crippen LogP contribution is -2.39. The Hall–Kier alpha value is -0.680. The summed E-state index contributed by atoms with van der Waals surface area (Å²) in [6, 6.07) is 0. The van der Waals surface area contributed by atoms with Crippen molar-refractivity contribution < 1.29 is 9.53 Å². The van der Waals surface area contributed by atoms with Crippen LogP contribution in [0.2, 0.25) is 0 Å². The van der Waals surface area contributed by atoms with E-state index in [1.165, 1.54) is 0 Å². The first-order valence-corrected chi connectivity index (χ1v) is 7.07. The van der Waals surface area contributed by atoms with Gasteiger partial charge in [0.2, 0.25) is 5.91 Å². The van der Waals surface area contributed by atoms with Crippen molar-refractivity contribution in [3.63, 3.8) is 0 Å². The normalized spacial score (nSPS) is 19.2. The third-order valence-corrected chi connectivity index (χ3v) is 3.22. The standard InChI is InChI=1S/C13H24N2O2S/c1-10(2)8-13(16)15(6-5-12(14)18)9-11-4-3-7-17-11/h10-11H,3-9H2,1-2H3,(H2,14,18). The lowest BCUT2D eigenvalue weighted by Gasteiger charge is -2.26. The molecule has 0 aliphatic carbocycles. The van der Waals surface area contributed by atoms with Crippen LogP contribution >= 0.6 is 12.2 Å². The van der Waals surface area contributed by atoms with Gasteiger partial charge in [-0.3, -0.25) is 4.79 Å². The Balaban J connectivity index is 2.49. The Kier molecular flexibility index (Phi) is 6.57. The summed E-state index contributed by atoms with van der Waals surface area (Å²) in [5, 5.41) is 0. The zero-order valence-electron chi connectivity index (χ0n) is 11.4. The molecule has 1 saturated heterocycles. The van der Waals surface area contributed by atoms with Gasteiger partial charge in [-0.15, -0.1) is 0 Å². The number of hydrogen-bond acceptors (Lipinski definition) is 3. The zero-order valence-corrected chi connectivity index (χ0v) is 12.2. The monoisotopic (exact) mass is 272 g/mol. The fourth-order valence-electron chi connectivity index (χ4n) is 2.08. The third kappa shape index (κ3) is 5.78. The van der Waals surface area contributed by atoms with Gasteiger partial charge in [0.15, 0.2) is 0 Å². The van der Waals surface area contributed by atoms with Crippen LogP contribution in [0.15, 0.2) is 0 Å². The third-order valence-electron chi connectivity index (χ3n) is 3.01. The lowest BCUT2D eigenvalue weighted by molar-refractivity contribution is -0.133. The molecule has 0 aromatic carbocycles. The summed E-state index contributed by atoms with van der Waals surface area (Å²) < 4.78 is 5.59. The summed E-state index contributed by atoms with van der Waals surface area (Å²) in [6.07, 6.45) is 3.48. The average Bonchev–Trinajstić information content (AvgIpc) is 2.75. The maximum atomic E-state index is 12.1. The molecule has 0 spiro atoms. The molecule has 0 aromatic heterocycles. The Labute approximate surface area is 115 Å². The van der Waals surface area contributed by atoms with Crippen molar-refractivity contribution >= 4 is 23.1 Å². The molecule has 1 heterocycles. The van der Waals surface area contributed by atoms with Gasteiger partial charge in [-0.25, -0.2) is 0 Å². The molecule has 1 aliphatic rings. The second-order valence-electron chi connectivity index (χ2n) is 5.29. The fraction of sp³-hybridized carbons (Fsp3) is 0.846. The van der Waals surface area contributed by atoms with E-state index in [1.807, 2.05) is 4.90 Å². The van der Waals surface area contributed by atoms with Crippen molar-refractivity contribution in [2.24, 2.45) is 11.7 Å². The van der Waals surface area contributed by atoms with Crippen LogP contribution < -0.4 is 5.73 Å². The van der Waals surface area contributed by atoms with Crippen LogP contribution in [0.3, 0.4) is 0 Å². The van der Waals surface area contributed by atoms with Gasteiger partial charge in [0, 0.05) is 32.5 Å². The fourth-order valence-corrected chi connectivity index (χ4v) is 2.17. The van der Waals surface area contributed by atoms with Crippen molar-refractivity contribution in [1.82, 2.24) is 4.90 Å². The van der Waals surface area contributed by atoms with Gasteiger partial charge in [-0.05, 0) is 18.8 Å². The van der Waals surface area contributed by atoms with E-state index in [0.29, 0.717) is 36.8 Å². The van der Waals surface area contributed by atoms with Gasteiger partial charge in [-0.1, -0.05) is 26.1 Å². The summed E-state index contributed by atoms with van der Waals surface area (Å²) in [5.74, 6) is 0.547. The molecular weight excluding hydrogens is 248 g/mol. The maximum absolute atomic E-state index is 12.1. The highest BCUT2D eigenvalue weighted by Gasteiger charge is 2.22. The molecule has 5 heteroatoms. The summed E-state index contributed by atoms with van der Waals surface area (Å²) in [4.78, 5) is 14.5. The molecule has 1 fully saturated rings. The van der Waals surface area contributed by atoms with Crippen molar-refractivity contribution in [2.75, 3.05) is 19.7 Å². The first-order chi connectivity index (χ1) is 8.49. The highest BCUT2D eigenvalue weighted by molar-refractivity contribution is 7.80. The van der Waals surface area contributed by atoms with Gasteiger partial charge in [0.1, 0.15) is 0 Å². The van der Waals surface area contributed by atoms with E-state index < -0.39 is 0 Å². The highest BCUT2D eigenvalue weighted by atomic mass is 32.1. The van der Waals surface area contributed by atoms with Crippen LogP contribution in [0.5, 0.6) is 0 Å². The second-order valence-corrected chi connectivity index (χ2v) is 5.81. The minimum atomic E-state index is 0.178. The number of amides is 1. The molecule has 0 aromatic rings. The number of carbonyl (C=O) groups is 1. The molecule has 1 aliphatic heterocycles. The van der Waals surface area contributed by atoms with Crippen molar-refractivity contribution in [2.45, 2.75) is 45.6 Å². The van der Waals surface area contributed by atoms with E-state index >= 15 is 0 Å². The molecule has 4 nitrogen and oxygen atoms in total. The Morgan fingerprint density at radius 2 is 2.28 bits per heavy atom. The van der Waals surface area contributed by atoms with Crippen LogP contribution in [-0.2, 0) is 9.53 Å². The second kappa shape index (κ2) is 7.69. The molecule has 0 saturated carbocycles. The molecule has 0 bridgehead atoms. The van der Waals surface area contributed by atoms with Gasteiger partial charge < -0.3 is 15.4 Å². The van der Waals surface area contributed by atoms with Gasteiger partial charge in [0.05, 0.1) is 11.1 Å². The Morgan fingerprint density at radius 1 is 1.56 bits per heavy atom. The molecule has 1 rings (SSSR count). The van der Waals surface area contributed by atoms with Gasteiger partial charge in [-0.2, -0.15) is 0 Å². The smallest absolute Gasteiger partial charge is 0.222 e. The van der Waals surface area contributed by atoms with Crippen LogP contribution in [0, 0.1) is 5.92 Å². The minimum absolute atomic E-state index is 0.178. The maximum Gasteiger partial charge on any atom is 0.222 e. The van der Waals surface area contributed by atoms with Crippen molar-refractivity contribution in [1.29, 1.82) is 0 Å². The molecule has 1 amide bonds. The molecule has 18 heavy (non-hydrogen) atoms. The predicted molar refractivity (Wildman–Crippen MR) is 76.4 cm³/mol. The SMILES string of the molecule is CC(C)CC(=O)N(CCC(N)=S)CC1CCCO1. The van der Waals surface area contributed by atoms with E-state index in [9.17, 15) is 4.79 Å². The van der Waals surface area contributed by atoms with Gasteiger partial charge >= 0.3 is 0 Å². The van der Waals surface area contributed by atoms with Crippen molar-refractivity contribution in [3.05, 3.63) is 0 Å². The first kappa shape index (κ1) is 15.4. The summed E-state index contributed by atoms with van der Waals surface area (Å²) in [7, 11) is 0. The summed E-state index contributed by atoms with van der Waals surface area (Å²) >= 11 is 4.88. The van der Waals surface area contributed by atoms with Crippen LogP contribution in [0.25, 0.3) is 0 Å². The van der Waals surface area contributed by atoms with Crippen LogP contribution in [0.4, 0.5) is 0 Å². The first-order valence-electron chi connectivity index (χ1n) is 6.66. The molecule has 1 unspecified atom stereocenters. The average molecular weight is 272 g/mol. The van der Waals surface area contributed by atoms with Crippen molar-refractivity contribution in [3.8, 4) is 0 Å². The van der Waals surface area contributed by atoms with E-state index in [2.05, 4.69) is 13.8 Å². The quantitative estimate of drug-likeness (QED) is 0.717. The van der Waals surface area contributed by atoms with Gasteiger partial charge in [0.25, 0.3) is 0 Å². The lowest BCUT2D eigenvalue weighted by atomic mass is 10.1. The highest BCUT2D eigenvalue weighted by Crippen LogP contribution is 2.15. The molecule has 2 N–H and O–H groups in total. The number of thiocarbonyl (C=S) groups is 1. The Morgan fingerprint density at radius 3 is 2.78 bits per heavy atom. The van der Waals surface area contributed by atoms with E-state index in [4.69, 9.17) is 22.7 Å². The largest absolute Gasteiger partial charge is 0.393 e. The number of hydrogen-bond donors (Lipinski definition) is 1. The number of rotatable bonds is 7. The number of ether oxygens (including phenoxy) is 1. The summed E-state index contributed by atoms with van der Waals surface area (Å²) in [6.45, 7) is 6.20. The van der Waals surface area contributed by atoms with Crippen LogP contribution in [-0.4, -0.2) is 41.6 Å². The molecular formula is C13H24N2O2S. The summed E-state index contributed by atoms with van der Waals surface area (Å²) in [5.41, 5.74) is 5.51. The molecule has 104 valence electrons. The molecule has 1 atom stereocenters. The van der Waals surface area contributed by atoms with E-state index in [-0.39, 0.29) is 12.0 Å². The molecule has 0 radical (unpaired) electrons. The number of nitrogens with zero attached hydrogens (tertiary/aromatic N) is 1. The zero-order chi connectivity index (χ0) is 13.5. The predicted octanol–water partition coefficient (Wildman–Crippen LogP) is 1.72. The number of nitrogens with two attached hydrogens (primary N) is 1. The minimum Gasteiger partial charge on any atom is -0.393 e. The van der Waals surface area contributed by atoms with E-state index in [0.717, 1.165) is 19.4 Å². The number of carbonyl (C=O) groups excluding carboxylic acids is 1. The topological polar surface area (TPSA) is 55.6 Å².